The standard InChI is InChI=1S/C2H3NO.Ga.H/c1-2(3)4;;/h1H3;;. The zero-order valence-electron chi connectivity index (χ0n) is 3.06. The molecule has 0 aliphatic heterocycles. The van der Waals surface area contributed by atoms with Crippen molar-refractivity contribution in [3.8, 4) is 0 Å². The van der Waals surface area contributed by atoms with Gasteiger partial charge >= 0.3 is 39.7 Å². The molecule has 0 N–H and O–H groups in total. The Bertz CT molecular complexity index is 60.7. The Labute approximate surface area is 40.3 Å². The van der Waals surface area contributed by atoms with E-state index >= 15 is 0 Å². The fourth-order valence-electron chi connectivity index (χ4n) is 0. The van der Waals surface area contributed by atoms with Gasteiger partial charge in [-0.25, -0.2) is 0 Å². The predicted molar refractivity (Wildman–Crippen MR) is 20.3 cm³/mol. The Morgan fingerprint density at radius 1 is 2.00 bits per heavy atom. The maximum absolute atomic E-state index is 9.68. The molecule has 0 bridgehead atoms. The molecule has 3 heteroatoms. The van der Waals surface area contributed by atoms with Crippen LogP contribution in [0.5, 0.6) is 0 Å². The van der Waals surface area contributed by atoms with Crippen LogP contribution < -0.4 is 0 Å². The van der Waals surface area contributed by atoms with Crippen LogP contribution in [-0.2, 0) is 4.79 Å². The second kappa shape index (κ2) is 2.35. The molecule has 0 aromatic heterocycles. The van der Waals surface area contributed by atoms with Crippen molar-refractivity contribution in [2.75, 3.05) is 0 Å². The first kappa shape index (κ1) is 5.11. The van der Waals surface area contributed by atoms with Gasteiger partial charge in [-0.3, -0.25) is 0 Å². The van der Waals surface area contributed by atoms with E-state index in [-0.39, 0.29) is 5.91 Å². The van der Waals surface area contributed by atoms with E-state index in [2.05, 4.69) is 3.65 Å². The number of carbonyl (C=O) groups is 1. The predicted octanol–water partition coefficient (Wildman–Crippen LogP) is -0.383. The molecule has 5 heavy (non-hydrogen) atoms. The molecule has 2 nitrogen and oxygen atoms in total. The first-order valence-corrected chi connectivity index (χ1v) is 2.57. The maximum atomic E-state index is 9.68. The van der Waals surface area contributed by atoms with Crippen LogP contribution in [0.4, 0.5) is 0 Å². The average Bonchev–Trinajstić information content (AvgIpc) is 1.38. The van der Waals surface area contributed by atoms with Crippen LogP contribution in [0.25, 0.3) is 0 Å². The van der Waals surface area contributed by atoms with Gasteiger partial charge in [-0.2, -0.15) is 0 Å². The number of amides is 1. The molecule has 0 unspecified atom stereocenters. The second-order valence-electron chi connectivity index (χ2n) is 0.677. The zero-order valence-corrected chi connectivity index (χ0v) is 6.03. The molecule has 0 rings (SSSR count). The molecule has 0 saturated heterocycles. The fraction of sp³-hybridized carbons (Fsp3) is 0.500. The van der Waals surface area contributed by atoms with Gasteiger partial charge < -0.3 is 0 Å². The van der Waals surface area contributed by atoms with E-state index in [1.165, 1.54) is 6.92 Å². The van der Waals surface area contributed by atoms with Gasteiger partial charge in [0.05, 0.1) is 0 Å². The van der Waals surface area contributed by atoms with Crippen molar-refractivity contribution in [3.63, 3.8) is 0 Å². The van der Waals surface area contributed by atoms with Gasteiger partial charge in [0.2, 0.25) is 0 Å². The van der Waals surface area contributed by atoms with Gasteiger partial charge in [-0.15, -0.1) is 0 Å². The minimum absolute atomic E-state index is 0.0648. The van der Waals surface area contributed by atoms with Crippen LogP contribution in [0.2, 0.25) is 0 Å². The summed E-state index contributed by atoms with van der Waals surface area (Å²) in [7, 11) is 0. The summed E-state index contributed by atoms with van der Waals surface area (Å²) in [6.45, 7) is 1.45. The van der Waals surface area contributed by atoms with Crippen molar-refractivity contribution in [2.45, 2.75) is 6.92 Å². The first-order valence-electron chi connectivity index (χ1n) is 1.24. The number of hydrogen-bond donors (Lipinski definition) is 0. The van der Waals surface area contributed by atoms with Gasteiger partial charge in [0.15, 0.2) is 0 Å². The summed E-state index contributed by atoms with van der Waals surface area (Å²) >= 11 is 0.731. The van der Waals surface area contributed by atoms with Gasteiger partial charge in [0.25, 0.3) is 0 Å². The summed E-state index contributed by atoms with van der Waals surface area (Å²) in [6, 6.07) is 0. The third-order valence-electron chi connectivity index (χ3n) is 0.223. The number of rotatable bonds is 0. The minimum atomic E-state index is -0.0648. The molecule has 0 saturated carbocycles. The van der Waals surface area contributed by atoms with E-state index in [9.17, 15) is 4.79 Å². The van der Waals surface area contributed by atoms with E-state index in [0.29, 0.717) is 0 Å². The van der Waals surface area contributed by atoms with Gasteiger partial charge in [0, 0.05) is 0 Å². The molecule has 0 fully saturated rings. The summed E-state index contributed by atoms with van der Waals surface area (Å²) in [4.78, 5) is 9.68. The molecule has 0 aliphatic carbocycles. The van der Waals surface area contributed by atoms with Crippen LogP contribution in [-0.4, -0.2) is 24.3 Å². The van der Waals surface area contributed by atoms with Crippen molar-refractivity contribution in [2.24, 2.45) is 3.65 Å². The Balaban J connectivity index is 3.20. The van der Waals surface area contributed by atoms with E-state index < -0.39 is 0 Å². The number of nitrogens with zero attached hydrogens (tertiary/aromatic N) is 1. The van der Waals surface area contributed by atoms with E-state index in [1.807, 2.05) is 0 Å². The third-order valence-corrected chi connectivity index (χ3v) is 1.16. The Hall–Kier alpha value is 0.106. The molecule has 26 valence electrons. The summed E-state index contributed by atoms with van der Waals surface area (Å²) in [5.74, 6) is -0.0648. The van der Waals surface area contributed by atoms with Crippen LogP contribution in [0.3, 0.4) is 0 Å². The van der Waals surface area contributed by atoms with E-state index in [4.69, 9.17) is 0 Å². The topological polar surface area (TPSA) is 29.4 Å². The Kier molecular flexibility index (Phi) is 2.40. The zero-order chi connectivity index (χ0) is 4.28. The van der Waals surface area contributed by atoms with Gasteiger partial charge in [-0.1, -0.05) is 0 Å². The van der Waals surface area contributed by atoms with Crippen molar-refractivity contribution in [3.05, 3.63) is 0 Å². The third kappa shape index (κ3) is 4.11. The molecule has 0 spiro atoms. The molecule has 0 atom stereocenters. The van der Waals surface area contributed by atoms with Gasteiger partial charge in [0.1, 0.15) is 0 Å². The molecule has 0 aliphatic rings. The van der Waals surface area contributed by atoms with E-state index in [0.717, 1.165) is 18.4 Å². The summed E-state index contributed by atoms with van der Waals surface area (Å²) in [6.07, 6.45) is 0. The number of carbonyl (C=O) groups excluding carboxylic acids is 1. The molecule has 0 aromatic rings. The summed E-state index contributed by atoms with van der Waals surface area (Å²) in [5.41, 5.74) is 0. The van der Waals surface area contributed by atoms with Crippen molar-refractivity contribution >= 4 is 24.3 Å². The average molecular weight is 128 g/mol. The summed E-state index contributed by atoms with van der Waals surface area (Å²) in [5, 5.41) is 0. The Morgan fingerprint density at radius 2 is 2.20 bits per heavy atom. The molecule has 0 heterocycles. The summed E-state index contributed by atoms with van der Waals surface area (Å²) < 4.78 is 3.38. The fourth-order valence-corrected chi connectivity index (χ4v) is 0. The number of hydrogen-bond acceptors (Lipinski definition) is 1. The van der Waals surface area contributed by atoms with E-state index in [1.54, 1.807) is 0 Å². The normalized spacial score (nSPS) is 6.40. The molecular weight excluding hydrogens is 124 g/mol. The molecule has 1 amide bonds. The van der Waals surface area contributed by atoms with Crippen molar-refractivity contribution in [1.82, 2.24) is 0 Å². The van der Waals surface area contributed by atoms with Crippen LogP contribution >= 0.6 is 0 Å². The van der Waals surface area contributed by atoms with Crippen LogP contribution in [0.1, 0.15) is 6.92 Å². The van der Waals surface area contributed by atoms with Crippen molar-refractivity contribution < 1.29 is 4.79 Å². The van der Waals surface area contributed by atoms with Crippen LogP contribution in [0.15, 0.2) is 3.65 Å². The Morgan fingerprint density at radius 3 is 2.20 bits per heavy atom. The first-order chi connectivity index (χ1) is 2.27. The van der Waals surface area contributed by atoms with Gasteiger partial charge in [-0.05, 0) is 0 Å². The van der Waals surface area contributed by atoms with Crippen LogP contribution in [0, 0.1) is 0 Å². The molecular formula is C2H4GaNO. The van der Waals surface area contributed by atoms with Crippen molar-refractivity contribution in [1.29, 1.82) is 0 Å². The quantitative estimate of drug-likeness (QED) is 0.408. The molecule has 0 aromatic carbocycles. The monoisotopic (exact) mass is 127 g/mol. The molecule has 0 radical (unpaired) electrons. The SMILES string of the molecule is CC(=O)[N]=[GaH]. The second-order valence-corrected chi connectivity index (χ2v) is 1.34.